The van der Waals surface area contributed by atoms with Gasteiger partial charge in [-0.05, 0) is 106 Å². The van der Waals surface area contributed by atoms with Crippen molar-refractivity contribution in [3.63, 3.8) is 0 Å². The quantitative estimate of drug-likeness (QED) is 0.323. The van der Waals surface area contributed by atoms with Crippen LogP contribution in [0, 0.1) is 18.6 Å². The molecule has 3 N–H and O–H groups in total. The number of nitrogens with one attached hydrogen (secondary N) is 2. The number of halogens is 2. The third-order valence-corrected chi connectivity index (χ3v) is 9.63. The number of amides is 2. The number of hydrogen-bond acceptors (Lipinski definition) is 6. The van der Waals surface area contributed by atoms with Crippen molar-refractivity contribution in [3.8, 4) is 0 Å². The molecule has 42 heavy (non-hydrogen) atoms. The van der Waals surface area contributed by atoms with Crippen LogP contribution in [0.15, 0.2) is 41.8 Å². The number of carbonyl (C=O) groups excluding carboxylic acids is 2. The molecule has 6 rings (SSSR count). The Hall–Kier alpha value is -3.21. The fraction of sp³-hybridized carbons (Fsp3) is 0.469. The average Bonchev–Trinajstić information content (AvgIpc) is 3.30. The molecule has 3 aliphatic rings. The van der Waals surface area contributed by atoms with Gasteiger partial charge in [-0.3, -0.25) is 9.59 Å². The van der Waals surface area contributed by atoms with E-state index in [1.807, 2.05) is 29.3 Å². The second-order valence-corrected chi connectivity index (χ2v) is 12.7. The molecule has 0 spiro atoms. The Morgan fingerprint density at radius 1 is 1.07 bits per heavy atom. The number of aromatic nitrogens is 1. The molecular weight excluding hydrogens is 558 g/mol. The van der Waals surface area contributed by atoms with Crippen molar-refractivity contribution in [1.29, 1.82) is 0 Å². The summed E-state index contributed by atoms with van der Waals surface area (Å²) in [6.45, 7) is 3.33. The van der Waals surface area contributed by atoms with E-state index < -0.39 is 29.7 Å². The van der Waals surface area contributed by atoms with Gasteiger partial charge in [-0.15, -0.1) is 11.3 Å². The largest absolute Gasteiger partial charge is 0.389 e. The Morgan fingerprint density at radius 2 is 1.83 bits per heavy atom. The van der Waals surface area contributed by atoms with Gasteiger partial charge in [-0.25, -0.2) is 13.8 Å². The predicted octanol–water partition coefficient (Wildman–Crippen LogP) is 5.04. The van der Waals surface area contributed by atoms with Gasteiger partial charge in [-0.1, -0.05) is 0 Å². The molecule has 2 aliphatic heterocycles. The van der Waals surface area contributed by atoms with E-state index in [9.17, 15) is 23.5 Å². The monoisotopic (exact) mass is 594 g/mol. The molecule has 3 aromatic rings. The SMILES string of the molecule is Cc1csc(C2CCCN2C(=O)c2cc(C(=O)N[C@@H](Cc3cc(F)cc(F)c3)[C@H](O)C3CCCN3)cc(C3CC3)c2)n1. The Bertz CT molecular complexity index is 1450. The van der Waals surface area contributed by atoms with Gasteiger partial charge in [0, 0.05) is 40.9 Å². The molecule has 0 bridgehead atoms. The molecule has 1 aliphatic carbocycles. The van der Waals surface area contributed by atoms with Gasteiger partial charge in [0.15, 0.2) is 0 Å². The number of carbonyl (C=O) groups is 2. The fourth-order valence-corrected chi connectivity index (χ4v) is 7.23. The summed E-state index contributed by atoms with van der Waals surface area (Å²) in [7, 11) is 0. The molecule has 4 atom stereocenters. The minimum atomic E-state index is -0.970. The minimum absolute atomic E-state index is 0.0521. The van der Waals surface area contributed by atoms with E-state index >= 15 is 0 Å². The number of thiazole rings is 1. The number of benzene rings is 2. The number of aliphatic hydroxyl groups excluding tert-OH is 1. The van der Waals surface area contributed by atoms with E-state index in [1.54, 1.807) is 17.4 Å². The Labute approximate surface area is 248 Å². The molecule has 10 heteroatoms. The third kappa shape index (κ3) is 6.40. The maximum atomic E-state index is 14.0. The zero-order chi connectivity index (χ0) is 29.4. The number of aliphatic hydroxyl groups is 1. The normalized spacial score (nSPS) is 21.9. The van der Waals surface area contributed by atoms with E-state index in [4.69, 9.17) is 0 Å². The van der Waals surface area contributed by atoms with Crippen LogP contribution in [-0.2, 0) is 6.42 Å². The van der Waals surface area contributed by atoms with E-state index in [0.29, 0.717) is 29.2 Å². The second kappa shape index (κ2) is 12.2. The van der Waals surface area contributed by atoms with E-state index in [0.717, 1.165) is 67.4 Å². The Balaban J connectivity index is 1.27. The van der Waals surface area contributed by atoms with Crippen LogP contribution in [0.5, 0.6) is 0 Å². The first kappa shape index (κ1) is 28.9. The molecule has 2 unspecified atom stereocenters. The highest BCUT2D eigenvalue weighted by atomic mass is 32.1. The van der Waals surface area contributed by atoms with Crippen molar-refractivity contribution >= 4 is 23.2 Å². The van der Waals surface area contributed by atoms with Crippen LogP contribution in [0.2, 0.25) is 0 Å². The summed E-state index contributed by atoms with van der Waals surface area (Å²) in [6.07, 6.45) is 4.45. The third-order valence-electron chi connectivity index (χ3n) is 8.57. The van der Waals surface area contributed by atoms with Crippen LogP contribution in [-0.4, -0.2) is 58.1 Å². The lowest BCUT2D eigenvalue weighted by molar-refractivity contribution is 0.0733. The molecule has 2 amide bonds. The average molecular weight is 595 g/mol. The Kier molecular flexibility index (Phi) is 8.38. The summed E-state index contributed by atoms with van der Waals surface area (Å²) in [5.41, 5.74) is 3.04. The van der Waals surface area contributed by atoms with Crippen LogP contribution in [0.4, 0.5) is 8.78 Å². The van der Waals surface area contributed by atoms with Gasteiger partial charge in [0.05, 0.1) is 18.2 Å². The zero-order valence-electron chi connectivity index (χ0n) is 23.6. The standard InChI is InChI=1S/C32H36F2N4O3S/c1-18-17-42-31(36-18)28-5-3-9-38(28)32(41)23-14-21(20-6-7-20)13-22(15-23)30(40)37-27(29(39)26-4-2-8-35-26)12-19-10-24(33)16-25(34)11-19/h10-11,13-17,20,26-29,35,39H,2-9,12H2,1H3,(H,37,40)/t26?,27-,28?,29+/m0/s1. The molecule has 3 heterocycles. The van der Waals surface area contributed by atoms with Gasteiger partial charge >= 0.3 is 0 Å². The number of hydrogen-bond donors (Lipinski definition) is 3. The van der Waals surface area contributed by atoms with Crippen LogP contribution in [0.3, 0.4) is 0 Å². The van der Waals surface area contributed by atoms with Crippen molar-refractivity contribution in [3.05, 3.63) is 86.4 Å². The smallest absolute Gasteiger partial charge is 0.254 e. The van der Waals surface area contributed by atoms with Gasteiger partial charge in [0.25, 0.3) is 11.8 Å². The fourth-order valence-electron chi connectivity index (χ4n) is 6.29. The van der Waals surface area contributed by atoms with E-state index in [2.05, 4.69) is 15.6 Å². The molecule has 2 saturated heterocycles. The lowest BCUT2D eigenvalue weighted by Crippen LogP contribution is -2.52. The minimum Gasteiger partial charge on any atom is -0.389 e. The van der Waals surface area contributed by atoms with Gasteiger partial charge in [0.1, 0.15) is 16.6 Å². The number of aryl methyl sites for hydroxylation is 1. The summed E-state index contributed by atoms with van der Waals surface area (Å²) < 4.78 is 28.0. The van der Waals surface area contributed by atoms with Crippen LogP contribution in [0.25, 0.3) is 0 Å². The first-order valence-corrected chi connectivity index (χ1v) is 15.7. The molecule has 2 aromatic carbocycles. The number of likely N-dealkylation sites (tertiary alicyclic amines) is 1. The van der Waals surface area contributed by atoms with Crippen LogP contribution in [0.1, 0.15) is 93.0 Å². The number of nitrogens with zero attached hydrogens (tertiary/aromatic N) is 2. The van der Waals surface area contributed by atoms with Crippen LogP contribution < -0.4 is 10.6 Å². The highest BCUT2D eigenvalue weighted by Gasteiger charge is 2.35. The zero-order valence-corrected chi connectivity index (χ0v) is 24.4. The number of rotatable bonds is 9. The Morgan fingerprint density at radius 3 is 2.50 bits per heavy atom. The van der Waals surface area contributed by atoms with E-state index in [-0.39, 0.29) is 24.4 Å². The molecule has 1 aromatic heterocycles. The second-order valence-electron chi connectivity index (χ2n) is 11.9. The topological polar surface area (TPSA) is 94.6 Å². The first-order chi connectivity index (χ1) is 20.2. The van der Waals surface area contributed by atoms with Crippen molar-refractivity contribution in [2.75, 3.05) is 13.1 Å². The van der Waals surface area contributed by atoms with Gasteiger partial charge < -0.3 is 20.6 Å². The van der Waals surface area contributed by atoms with Crippen molar-refractivity contribution in [2.45, 2.75) is 82.0 Å². The molecule has 1 saturated carbocycles. The van der Waals surface area contributed by atoms with Crippen molar-refractivity contribution in [2.24, 2.45) is 0 Å². The van der Waals surface area contributed by atoms with Gasteiger partial charge in [0.2, 0.25) is 0 Å². The predicted molar refractivity (Wildman–Crippen MR) is 157 cm³/mol. The molecule has 0 radical (unpaired) electrons. The van der Waals surface area contributed by atoms with Crippen LogP contribution >= 0.6 is 11.3 Å². The lowest BCUT2D eigenvalue weighted by Gasteiger charge is -2.29. The summed E-state index contributed by atoms with van der Waals surface area (Å²) >= 11 is 1.57. The highest BCUT2D eigenvalue weighted by molar-refractivity contribution is 7.09. The van der Waals surface area contributed by atoms with E-state index in [1.165, 1.54) is 12.1 Å². The molecule has 222 valence electrons. The lowest BCUT2D eigenvalue weighted by atomic mass is 9.94. The molecule has 7 nitrogen and oxygen atoms in total. The maximum absolute atomic E-state index is 14.0. The summed E-state index contributed by atoms with van der Waals surface area (Å²) in [6, 6.07) is 7.48. The van der Waals surface area contributed by atoms with Crippen molar-refractivity contribution in [1.82, 2.24) is 20.5 Å². The highest BCUT2D eigenvalue weighted by Crippen LogP contribution is 2.41. The first-order valence-electron chi connectivity index (χ1n) is 14.8. The summed E-state index contributed by atoms with van der Waals surface area (Å²) in [5.74, 6) is -1.67. The molecular formula is C32H36F2N4O3S. The molecule has 3 fully saturated rings. The maximum Gasteiger partial charge on any atom is 0.254 e. The summed E-state index contributed by atoms with van der Waals surface area (Å²) in [5, 5.41) is 20.4. The summed E-state index contributed by atoms with van der Waals surface area (Å²) in [4.78, 5) is 34.1. The van der Waals surface area contributed by atoms with Crippen molar-refractivity contribution < 1.29 is 23.5 Å². The van der Waals surface area contributed by atoms with Gasteiger partial charge in [-0.2, -0.15) is 0 Å².